The van der Waals surface area contributed by atoms with Crippen LogP contribution in [-0.2, 0) is 27.3 Å². The van der Waals surface area contributed by atoms with E-state index in [9.17, 15) is 14.7 Å². The van der Waals surface area contributed by atoms with E-state index in [1.807, 2.05) is 61.5 Å². The maximum absolute atomic E-state index is 13.3. The normalized spacial score (nSPS) is 18.0. The van der Waals surface area contributed by atoms with Crippen LogP contribution in [0, 0.1) is 0 Å². The van der Waals surface area contributed by atoms with Gasteiger partial charge in [-0.05, 0) is 48.1 Å². The first-order valence-corrected chi connectivity index (χ1v) is 13.2. The van der Waals surface area contributed by atoms with Crippen molar-refractivity contribution in [2.24, 2.45) is 0 Å². The molecule has 0 fully saturated rings. The van der Waals surface area contributed by atoms with E-state index in [1.165, 1.54) is 5.56 Å². The van der Waals surface area contributed by atoms with Crippen molar-refractivity contribution in [3.63, 3.8) is 0 Å². The zero-order valence-corrected chi connectivity index (χ0v) is 22.0. The fourth-order valence-corrected chi connectivity index (χ4v) is 5.04. The van der Waals surface area contributed by atoms with Crippen molar-refractivity contribution in [3.05, 3.63) is 113 Å². The maximum Gasteiger partial charge on any atom is 0.411 e. The predicted octanol–water partition coefficient (Wildman–Crippen LogP) is 7.47. The second-order valence-electron chi connectivity index (χ2n) is 9.88. The first kappa shape index (κ1) is 27.0. The van der Waals surface area contributed by atoms with E-state index in [-0.39, 0.29) is 17.9 Å². The SMILES string of the molecule is CCCC1(CCc2ccccc2)CC(O)=C(C(C)c2cccc(NC(=O)OCc3ccccc3)c2)C(=O)O1. The third-order valence-electron chi connectivity index (χ3n) is 7.03. The number of hydrogen-bond donors (Lipinski definition) is 2. The number of anilines is 1. The number of aliphatic hydroxyl groups excluding tert-OH is 1. The van der Waals surface area contributed by atoms with Crippen molar-refractivity contribution in [1.29, 1.82) is 0 Å². The maximum atomic E-state index is 13.3. The molecule has 0 bridgehead atoms. The smallest absolute Gasteiger partial charge is 0.411 e. The molecule has 2 atom stereocenters. The van der Waals surface area contributed by atoms with Crippen LogP contribution in [0.5, 0.6) is 0 Å². The number of hydrogen-bond acceptors (Lipinski definition) is 5. The second kappa shape index (κ2) is 12.5. The Labute approximate surface area is 224 Å². The van der Waals surface area contributed by atoms with E-state index in [0.29, 0.717) is 24.9 Å². The molecule has 0 spiro atoms. The second-order valence-corrected chi connectivity index (χ2v) is 9.88. The van der Waals surface area contributed by atoms with Gasteiger partial charge in [-0.15, -0.1) is 0 Å². The van der Waals surface area contributed by atoms with Crippen LogP contribution in [0.4, 0.5) is 10.5 Å². The van der Waals surface area contributed by atoms with Gasteiger partial charge in [0, 0.05) is 18.0 Å². The lowest BCUT2D eigenvalue weighted by Crippen LogP contribution is -2.41. The summed E-state index contributed by atoms with van der Waals surface area (Å²) in [4.78, 5) is 25.6. The zero-order valence-electron chi connectivity index (χ0n) is 22.0. The highest BCUT2D eigenvalue weighted by Crippen LogP contribution is 2.41. The van der Waals surface area contributed by atoms with Gasteiger partial charge in [0.25, 0.3) is 0 Å². The highest BCUT2D eigenvalue weighted by molar-refractivity contribution is 5.92. The van der Waals surface area contributed by atoms with Gasteiger partial charge >= 0.3 is 12.1 Å². The number of carbonyl (C=O) groups is 2. The molecule has 0 radical (unpaired) electrons. The number of cyclic esters (lactones) is 1. The number of aliphatic hydroxyl groups is 1. The summed E-state index contributed by atoms with van der Waals surface area (Å²) in [6, 6.07) is 26.7. The van der Waals surface area contributed by atoms with Crippen LogP contribution < -0.4 is 5.32 Å². The number of carbonyl (C=O) groups excluding carboxylic acids is 2. The molecule has 3 aromatic carbocycles. The third-order valence-corrected chi connectivity index (χ3v) is 7.03. The Balaban J connectivity index is 1.45. The number of nitrogens with one attached hydrogen (secondary N) is 1. The van der Waals surface area contributed by atoms with Gasteiger partial charge < -0.3 is 14.6 Å². The van der Waals surface area contributed by atoms with E-state index in [0.717, 1.165) is 24.0 Å². The lowest BCUT2D eigenvalue weighted by atomic mass is 9.81. The summed E-state index contributed by atoms with van der Waals surface area (Å²) in [6.45, 7) is 4.08. The summed E-state index contributed by atoms with van der Waals surface area (Å²) in [5.41, 5.74) is 2.93. The molecule has 1 heterocycles. The van der Waals surface area contributed by atoms with Gasteiger partial charge in [-0.2, -0.15) is 0 Å². The quantitative estimate of drug-likeness (QED) is 0.275. The van der Waals surface area contributed by atoms with Gasteiger partial charge in [-0.3, -0.25) is 5.32 Å². The number of benzene rings is 3. The van der Waals surface area contributed by atoms with Crippen LogP contribution in [0.2, 0.25) is 0 Å². The average Bonchev–Trinajstić information content (AvgIpc) is 2.92. The van der Waals surface area contributed by atoms with Crippen LogP contribution in [0.15, 0.2) is 96.3 Å². The number of esters is 1. The summed E-state index contributed by atoms with van der Waals surface area (Å²) in [7, 11) is 0. The van der Waals surface area contributed by atoms with Crippen LogP contribution in [0.1, 0.15) is 62.1 Å². The van der Waals surface area contributed by atoms with Gasteiger partial charge in [0.2, 0.25) is 0 Å². The molecule has 0 saturated heterocycles. The number of aryl methyl sites for hydroxylation is 1. The highest BCUT2D eigenvalue weighted by atomic mass is 16.6. The number of amides is 1. The molecule has 1 aliphatic rings. The van der Waals surface area contributed by atoms with Crippen molar-refractivity contribution in [3.8, 4) is 0 Å². The van der Waals surface area contributed by atoms with Crippen molar-refractivity contribution >= 4 is 17.7 Å². The lowest BCUT2D eigenvalue weighted by molar-refractivity contribution is -0.161. The molecular formula is C32H35NO5. The van der Waals surface area contributed by atoms with E-state index < -0.39 is 23.6 Å². The summed E-state index contributed by atoms with van der Waals surface area (Å²) in [5, 5.41) is 13.9. The molecule has 6 nitrogen and oxygen atoms in total. The standard InChI is InChI=1S/C32H35NO5/c1-3-18-32(19-17-24-11-6-4-7-12-24)21-28(34)29(30(35)38-32)23(2)26-15-10-16-27(20-26)33-31(36)37-22-25-13-8-5-9-14-25/h4-16,20,23,34H,3,17-19,21-22H2,1-2H3,(H,33,36). The molecule has 198 valence electrons. The van der Waals surface area contributed by atoms with Gasteiger partial charge in [0.15, 0.2) is 0 Å². The summed E-state index contributed by atoms with van der Waals surface area (Å²) >= 11 is 0. The zero-order chi connectivity index (χ0) is 27.0. The number of ether oxygens (including phenoxy) is 2. The van der Waals surface area contributed by atoms with Crippen LogP contribution >= 0.6 is 0 Å². The average molecular weight is 514 g/mol. The van der Waals surface area contributed by atoms with E-state index in [4.69, 9.17) is 9.47 Å². The van der Waals surface area contributed by atoms with Gasteiger partial charge in [-0.1, -0.05) is 93.1 Å². The van der Waals surface area contributed by atoms with Crippen molar-refractivity contribution in [2.75, 3.05) is 5.32 Å². The molecule has 4 rings (SSSR count). The Morgan fingerprint density at radius 3 is 2.34 bits per heavy atom. The molecule has 1 amide bonds. The van der Waals surface area contributed by atoms with Gasteiger partial charge in [0.05, 0.1) is 5.57 Å². The highest BCUT2D eigenvalue weighted by Gasteiger charge is 2.42. The third kappa shape index (κ3) is 6.82. The van der Waals surface area contributed by atoms with Crippen LogP contribution in [0.25, 0.3) is 0 Å². The first-order valence-electron chi connectivity index (χ1n) is 13.2. The fraction of sp³-hybridized carbons (Fsp3) is 0.312. The molecule has 3 aromatic rings. The molecule has 1 aliphatic heterocycles. The van der Waals surface area contributed by atoms with E-state index >= 15 is 0 Å². The lowest BCUT2D eigenvalue weighted by Gasteiger charge is -2.38. The molecule has 2 unspecified atom stereocenters. The van der Waals surface area contributed by atoms with Crippen molar-refractivity contribution in [2.45, 2.75) is 64.1 Å². The van der Waals surface area contributed by atoms with Gasteiger partial charge in [-0.25, -0.2) is 9.59 Å². The first-order chi connectivity index (χ1) is 18.4. The van der Waals surface area contributed by atoms with Crippen LogP contribution in [0.3, 0.4) is 0 Å². The molecule has 6 heteroatoms. The largest absolute Gasteiger partial charge is 0.512 e. The Morgan fingerprint density at radius 1 is 1.00 bits per heavy atom. The Kier molecular flexibility index (Phi) is 8.85. The fourth-order valence-electron chi connectivity index (χ4n) is 5.04. The van der Waals surface area contributed by atoms with Crippen LogP contribution in [-0.4, -0.2) is 22.8 Å². The summed E-state index contributed by atoms with van der Waals surface area (Å²) in [5.74, 6) is -0.822. The summed E-state index contributed by atoms with van der Waals surface area (Å²) < 4.78 is 11.4. The van der Waals surface area contributed by atoms with Crippen molar-refractivity contribution < 1.29 is 24.2 Å². The Bertz CT molecular complexity index is 1270. The molecule has 0 aromatic heterocycles. The molecule has 0 aliphatic carbocycles. The molecule has 0 saturated carbocycles. The van der Waals surface area contributed by atoms with Crippen molar-refractivity contribution in [1.82, 2.24) is 0 Å². The Morgan fingerprint density at radius 2 is 1.68 bits per heavy atom. The number of rotatable bonds is 10. The molecule has 38 heavy (non-hydrogen) atoms. The minimum atomic E-state index is -0.721. The molecular weight excluding hydrogens is 478 g/mol. The van der Waals surface area contributed by atoms with Gasteiger partial charge in [0.1, 0.15) is 18.0 Å². The topological polar surface area (TPSA) is 84.9 Å². The summed E-state index contributed by atoms with van der Waals surface area (Å²) in [6.07, 6.45) is 2.66. The minimum Gasteiger partial charge on any atom is -0.512 e. The monoisotopic (exact) mass is 513 g/mol. The molecule has 2 N–H and O–H groups in total. The minimum absolute atomic E-state index is 0.0795. The van der Waals surface area contributed by atoms with E-state index in [2.05, 4.69) is 24.4 Å². The Hall–Kier alpha value is -4.06. The predicted molar refractivity (Wildman–Crippen MR) is 148 cm³/mol. The van der Waals surface area contributed by atoms with E-state index in [1.54, 1.807) is 18.2 Å².